The Balaban J connectivity index is 1.39. The van der Waals surface area contributed by atoms with Gasteiger partial charge in [0.2, 0.25) is 11.8 Å². The molecule has 2 aliphatic rings. The molecular weight excluding hydrogens is 356 g/mol. The van der Waals surface area contributed by atoms with E-state index in [1.54, 1.807) is 11.0 Å². The molecule has 0 aliphatic carbocycles. The van der Waals surface area contributed by atoms with Gasteiger partial charge in [0.25, 0.3) is 5.91 Å². The van der Waals surface area contributed by atoms with Crippen molar-refractivity contribution in [1.82, 2.24) is 20.0 Å². The zero-order valence-electron chi connectivity index (χ0n) is 16.7. The second-order valence-corrected chi connectivity index (χ2v) is 7.60. The summed E-state index contributed by atoms with van der Waals surface area (Å²) in [6.07, 6.45) is 3.41. The molecule has 1 N–H and O–H groups in total. The van der Waals surface area contributed by atoms with Gasteiger partial charge in [0.05, 0.1) is 13.1 Å². The maximum absolute atomic E-state index is 12.4. The second kappa shape index (κ2) is 9.68. The normalized spacial score (nSPS) is 18.0. The van der Waals surface area contributed by atoms with Crippen LogP contribution in [0.25, 0.3) is 0 Å². The molecule has 0 unspecified atom stereocenters. The lowest BCUT2D eigenvalue weighted by atomic mass is 10.1. The van der Waals surface area contributed by atoms with E-state index in [2.05, 4.69) is 10.2 Å². The molecule has 7 nitrogen and oxygen atoms in total. The van der Waals surface area contributed by atoms with Crippen molar-refractivity contribution >= 4 is 17.7 Å². The summed E-state index contributed by atoms with van der Waals surface area (Å²) >= 11 is 0. The fraction of sp³-hybridized carbons (Fsp3) is 0.571. The third-order valence-electron chi connectivity index (χ3n) is 5.58. The van der Waals surface area contributed by atoms with E-state index in [1.165, 1.54) is 6.42 Å². The number of piperidine rings is 1. The summed E-state index contributed by atoms with van der Waals surface area (Å²) in [6.45, 7) is 6.62. The molecular formula is C21H30N4O3. The minimum atomic E-state index is -0.225. The van der Waals surface area contributed by atoms with Crippen molar-refractivity contribution in [2.75, 3.05) is 52.4 Å². The van der Waals surface area contributed by atoms with E-state index in [-0.39, 0.29) is 24.3 Å². The van der Waals surface area contributed by atoms with Crippen LogP contribution in [0.1, 0.15) is 35.2 Å². The van der Waals surface area contributed by atoms with Crippen molar-refractivity contribution in [2.24, 2.45) is 0 Å². The fourth-order valence-electron chi connectivity index (χ4n) is 3.78. The van der Waals surface area contributed by atoms with Crippen LogP contribution >= 0.6 is 0 Å². The Kier molecular flexibility index (Phi) is 7.03. The van der Waals surface area contributed by atoms with Crippen LogP contribution in [0.4, 0.5) is 0 Å². The van der Waals surface area contributed by atoms with Gasteiger partial charge in [-0.05, 0) is 37.8 Å². The Hall–Kier alpha value is -2.41. The summed E-state index contributed by atoms with van der Waals surface area (Å²) in [6, 6.07) is 7.33. The van der Waals surface area contributed by atoms with E-state index >= 15 is 0 Å². The Morgan fingerprint density at radius 3 is 2.18 bits per heavy atom. The maximum Gasteiger partial charge on any atom is 0.251 e. The lowest BCUT2D eigenvalue weighted by Crippen LogP contribution is -2.53. The van der Waals surface area contributed by atoms with E-state index in [0.717, 1.165) is 31.5 Å². The number of carbonyl (C=O) groups is 3. The molecule has 3 rings (SSSR count). The smallest absolute Gasteiger partial charge is 0.251 e. The Labute approximate surface area is 166 Å². The molecule has 28 heavy (non-hydrogen) atoms. The monoisotopic (exact) mass is 386 g/mol. The van der Waals surface area contributed by atoms with Crippen LogP contribution in [0.2, 0.25) is 0 Å². The molecule has 0 radical (unpaired) electrons. The number of nitrogens with one attached hydrogen (secondary N) is 1. The van der Waals surface area contributed by atoms with Crippen molar-refractivity contribution in [1.29, 1.82) is 0 Å². The van der Waals surface area contributed by atoms with Gasteiger partial charge in [-0.15, -0.1) is 0 Å². The maximum atomic E-state index is 12.4. The van der Waals surface area contributed by atoms with Crippen LogP contribution in [-0.2, 0) is 9.59 Å². The van der Waals surface area contributed by atoms with E-state index in [9.17, 15) is 14.4 Å². The number of rotatable bonds is 5. The predicted octanol–water partition coefficient (Wildman–Crippen LogP) is 0.882. The van der Waals surface area contributed by atoms with Crippen molar-refractivity contribution < 1.29 is 14.4 Å². The summed E-state index contributed by atoms with van der Waals surface area (Å²) in [5, 5.41) is 2.72. The summed E-state index contributed by atoms with van der Waals surface area (Å²) in [5.74, 6) is -0.105. The third kappa shape index (κ3) is 5.32. The van der Waals surface area contributed by atoms with Crippen LogP contribution in [0, 0.1) is 6.92 Å². The van der Waals surface area contributed by atoms with Gasteiger partial charge in [0.15, 0.2) is 0 Å². The fourth-order valence-corrected chi connectivity index (χ4v) is 3.78. The first-order chi connectivity index (χ1) is 13.5. The van der Waals surface area contributed by atoms with E-state index in [4.69, 9.17) is 0 Å². The number of piperazine rings is 1. The van der Waals surface area contributed by atoms with Gasteiger partial charge in [-0.1, -0.05) is 18.2 Å². The summed E-state index contributed by atoms with van der Waals surface area (Å²) in [5.41, 5.74) is 1.48. The number of nitrogens with zero attached hydrogens (tertiary/aromatic N) is 3. The first kappa shape index (κ1) is 20.3. The van der Waals surface area contributed by atoms with Gasteiger partial charge in [-0.2, -0.15) is 0 Å². The molecule has 0 aromatic heterocycles. The highest BCUT2D eigenvalue weighted by molar-refractivity contribution is 5.97. The molecule has 2 saturated heterocycles. The first-order valence-corrected chi connectivity index (χ1v) is 10.2. The van der Waals surface area contributed by atoms with Gasteiger partial charge in [0, 0.05) is 44.8 Å². The quantitative estimate of drug-likeness (QED) is 0.816. The lowest BCUT2D eigenvalue weighted by Gasteiger charge is -2.36. The highest BCUT2D eigenvalue weighted by Crippen LogP contribution is 2.10. The third-order valence-corrected chi connectivity index (χ3v) is 5.58. The molecule has 2 heterocycles. The van der Waals surface area contributed by atoms with E-state index in [1.807, 2.05) is 30.0 Å². The molecule has 7 heteroatoms. The molecule has 0 atom stereocenters. The minimum absolute atomic E-state index is 0.000123. The molecule has 1 aromatic rings. The number of carbonyl (C=O) groups excluding carboxylic acids is 3. The molecule has 0 spiro atoms. The average molecular weight is 386 g/mol. The van der Waals surface area contributed by atoms with E-state index < -0.39 is 0 Å². The number of likely N-dealkylation sites (tertiary alicyclic amines) is 1. The van der Waals surface area contributed by atoms with Crippen molar-refractivity contribution in [3.63, 3.8) is 0 Å². The Bertz CT molecular complexity index is 707. The second-order valence-electron chi connectivity index (χ2n) is 7.60. The number of amides is 3. The van der Waals surface area contributed by atoms with Gasteiger partial charge >= 0.3 is 0 Å². The summed E-state index contributed by atoms with van der Waals surface area (Å²) in [7, 11) is 0. The lowest BCUT2D eigenvalue weighted by molar-refractivity contribution is -0.135. The minimum Gasteiger partial charge on any atom is -0.343 e. The van der Waals surface area contributed by atoms with Crippen LogP contribution in [0.3, 0.4) is 0 Å². The molecule has 1 aromatic carbocycles. The summed E-state index contributed by atoms with van der Waals surface area (Å²) < 4.78 is 0. The standard InChI is InChI=1S/C21H30N4O3/c1-17-7-3-4-8-18(17)21(28)22-15-19(26)25-13-11-23(12-14-25)16-20(27)24-9-5-2-6-10-24/h3-4,7-8H,2,5-6,9-16H2,1H3,(H,22,28). The van der Waals surface area contributed by atoms with Gasteiger partial charge in [0.1, 0.15) is 0 Å². The summed E-state index contributed by atoms with van der Waals surface area (Å²) in [4.78, 5) is 42.9. The highest BCUT2D eigenvalue weighted by Gasteiger charge is 2.25. The highest BCUT2D eigenvalue weighted by atomic mass is 16.2. The topological polar surface area (TPSA) is 73.0 Å². The Morgan fingerprint density at radius 2 is 1.50 bits per heavy atom. The predicted molar refractivity (Wildman–Crippen MR) is 107 cm³/mol. The zero-order valence-corrected chi connectivity index (χ0v) is 16.7. The zero-order chi connectivity index (χ0) is 19.9. The number of benzene rings is 1. The van der Waals surface area contributed by atoms with Gasteiger partial charge < -0.3 is 15.1 Å². The molecule has 2 fully saturated rings. The Morgan fingerprint density at radius 1 is 0.857 bits per heavy atom. The molecule has 2 aliphatic heterocycles. The molecule has 0 bridgehead atoms. The van der Waals surface area contributed by atoms with Crippen LogP contribution in [-0.4, -0.2) is 84.8 Å². The first-order valence-electron chi connectivity index (χ1n) is 10.2. The van der Waals surface area contributed by atoms with Crippen molar-refractivity contribution in [3.05, 3.63) is 35.4 Å². The molecule has 3 amide bonds. The van der Waals surface area contributed by atoms with Crippen molar-refractivity contribution in [2.45, 2.75) is 26.2 Å². The van der Waals surface area contributed by atoms with Gasteiger partial charge in [-0.3, -0.25) is 19.3 Å². The largest absolute Gasteiger partial charge is 0.343 e. The van der Waals surface area contributed by atoms with E-state index in [0.29, 0.717) is 38.3 Å². The number of aryl methyl sites for hydroxylation is 1. The average Bonchev–Trinajstić information content (AvgIpc) is 2.73. The molecule has 0 saturated carbocycles. The van der Waals surface area contributed by atoms with Crippen LogP contribution in [0.5, 0.6) is 0 Å². The SMILES string of the molecule is Cc1ccccc1C(=O)NCC(=O)N1CCN(CC(=O)N2CCCCC2)CC1. The van der Waals surface area contributed by atoms with Crippen LogP contribution < -0.4 is 5.32 Å². The number of hydrogen-bond donors (Lipinski definition) is 1. The van der Waals surface area contributed by atoms with Crippen molar-refractivity contribution in [3.8, 4) is 0 Å². The molecule has 152 valence electrons. The van der Waals surface area contributed by atoms with Gasteiger partial charge in [-0.25, -0.2) is 0 Å². The number of hydrogen-bond acceptors (Lipinski definition) is 4. The van der Waals surface area contributed by atoms with Crippen LogP contribution in [0.15, 0.2) is 24.3 Å².